The number of rotatable bonds is 6. The monoisotopic (exact) mass is 186 g/mol. The summed E-state index contributed by atoms with van der Waals surface area (Å²) in [4.78, 5) is 17.0. The van der Waals surface area contributed by atoms with Crippen molar-refractivity contribution >= 4 is 7.82 Å². The number of hydrogen-bond acceptors (Lipinski definition) is 5. The lowest BCUT2D eigenvalue weighted by molar-refractivity contribution is -0.275. The van der Waals surface area contributed by atoms with Crippen LogP contribution in [0.2, 0.25) is 0 Å². The van der Waals surface area contributed by atoms with Gasteiger partial charge < -0.3 is 0 Å². The molecule has 0 aromatic rings. The van der Waals surface area contributed by atoms with Gasteiger partial charge in [0.2, 0.25) is 0 Å². The van der Waals surface area contributed by atoms with Crippen molar-refractivity contribution in [3.05, 3.63) is 0 Å². The van der Waals surface area contributed by atoms with Crippen LogP contribution < -0.4 is 0 Å². The molecule has 0 aliphatic heterocycles. The molecule has 1 N–H and O–H groups in total. The first-order valence-corrected chi connectivity index (χ1v) is 4.57. The maximum atomic E-state index is 10.6. The Morgan fingerprint density at radius 2 is 1.55 bits per heavy atom. The summed E-state index contributed by atoms with van der Waals surface area (Å²) in [5, 5.41) is 0. The molecule has 0 saturated heterocycles. The van der Waals surface area contributed by atoms with Crippen LogP contribution in [0, 0.1) is 0 Å². The second-order valence-electron chi connectivity index (χ2n) is 1.43. The topological polar surface area (TPSA) is 74.2 Å². The van der Waals surface area contributed by atoms with E-state index in [1.807, 2.05) is 0 Å². The molecule has 0 fully saturated rings. The SMILES string of the molecule is CCOOP(=O)(O)OOCC. The lowest BCUT2D eigenvalue weighted by Gasteiger charge is -2.07. The van der Waals surface area contributed by atoms with E-state index in [0.29, 0.717) is 0 Å². The molecule has 7 heteroatoms. The zero-order valence-corrected chi connectivity index (χ0v) is 7.24. The van der Waals surface area contributed by atoms with Gasteiger partial charge >= 0.3 is 7.82 Å². The van der Waals surface area contributed by atoms with Crippen LogP contribution in [0.4, 0.5) is 0 Å². The molecular formula is C4H11O6P. The van der Waals surface area contributed by atoms with Crippen molar-refractivity contribution in [3.63, 3.8) is 0 Å². The molecule has 0 spiro atoms. The molecule has 11 heavy (non-hydrogen) atoms. The van der Waals surface area contributed by atoms with E-state index in [0.717, 1.165) is 0 Å². The van der Waals surface area contributed by atoms with Crippen molar-refractivity contribution in [3.8, 4) is 0 Å². The van der Waals surface area contributed by atoms with Crippen LogP contribution in [0.1, 0.15) is 13.8 Å². The summed E-state index contributed by atoms with van der Waals surface area (Å²) in [6.45, 7) is 3.50. The summed E-state index contributed by atoms with van der Waals surface area (Å²) < 4.78 is 18.5. The Balaban J connectivity index is 3.53. The van der Waals surface area contributed by atoms with Crippen molar-refractivity contribution < 1.29 is 28.6 Å². The van der Waals surface area contributed by atoms with Crippen LogP contribution in [-0.4, -0.2) is 18.1 Å². The number of hydrogen-bond donors (Lipinski definition) is 1. The Bertz CT molecular complexity index is 125. The summed E-state index contributed by atoms with van der Waals surface area (Å²) in [6.07, 6.45) is 0. The van der Waals surface area contributed by atoms with Crippen LogP contribution in [0.5, 0.6) is 0 Å². The molecule has 0 aliphatic carbocycles. The average Bonchev–Trinajstić information content (AvgIpc) is 1.97. The fraction of sp³-hybridized carbons (Fsp3) is 1.00. The van der Waals surface area contributed by atoms with Crippen LogP contribution in [-0.2, 0) is 23.7 Å². The molecule has 0 aromatic carbocycles. The average molecular weight is 186 g/mol. The van der Waals surface area contributed by atoms with E-state index < -0.39 is 7.82 Å². The maximum absolute atomic E-state index is 10.6. The first kappa shape index (κ1) is 11.0. The minimum absolute atomic E-state index is 0.153. The van der Waals surface area contributed by atoms with Crippen molar-refractivity contribution in [2.75, 3.05) is 13.2 Å². The molecule has 0 saturated carbocycles. The zero-order valence-electron chi connectivity index (χ0n) is 6.35. The Kier molecular flexibility index (Phi) is 5.67. The molecule has 0 heterocycles. The quantitative estimate of drug-likeness (QED) is 0.379. The molecule has 6 nitrogen and oxygen atoms in total. The third-order valence-corrected chi connectivity index (χ3v) is 1.12. The Morgan fingerprint density at radius 1 is 1.18 bits per heavy atom. The maximum Gasteiger partial charge on any atom is 0.526 e. The first-order valence-electron chi connectivity index (χ1n) is 3.07. The van der Waals surface area contributed by atoms with Crippen LogP contribution in [0.15, 0.2) is 0 Å². The lowest BCUT2D eigenvalue weighted by Crippen LogP contribution is -1.97. The van der Waals surface area contributed by atoms with Gasteiger partial charge in [-0.1, -0.05) is 0 Å². The Morgan fingerprint density at radius 3 is 1.82 bits per heavy atom. The van der Waals surface area contributed by atoms with Gasteiger partial charge in [0.05, 0.1) is 13.2 Å². The Hall–Kier alpha value is 0.0300. The highest BCUT2D eigenvalue weighted by atomic mass is 31.2. The van der Waals surface area contributed by atoms with Crippen molar-refractivity contribution in [1.29, 1.82) is 0 Å². The minimum Gasteiger partial charge on any atom is -0.299 e. The summed E-state index contributed by atoms with van der Waals surface area (Å²) in [5.74, 6) is 0. The van der Waals surface area contributed by atoms with Gasteiger partial charge in [-0.2, -0.15) is 0 Å². The number of phosphoric acid groups is 1. The van der Waals surface area contributed by atoms with Gasteiger partial charge in [-0.25, -0.2) is 14.3 Å². The molecule has 0 aromatic heterocycles. The van der Waals surface area contributed by atoms with Gasteiger partial charge in [0.1, 0.15) is 0 Å². The molecular weight excluding hydrogens is 175 g/mol. The standard InChI is InChI=1S/C4H11O6P/c1-3-7-9-11(5,6)10-8-4-2/h3-4H2,1-2H3,(H,5,6). The fourth-order valence-corrected chi connectivity index (χ4v) is 0.753. The van der Waals surface area contributed by atoms with Crippen LogP contribution in [0.3, 0.4) is 0 Å². The molecule has 0 rings (SSSR count). The second-order valence-corrected chi connectivity index (χ2v) is 2.67. The normalized spacial score (nSPS) is 11.9. The van der Waals surface area contributed by atoms with Gasteiger partial charge in [0.15, 0.2) is 0 Å². The van der Waals surface area contributed by atoms with Gasteiger partial charge in [-0.3, -0.25) is 4.89 Å². The molecule has 0 atom stereocenters. The smallest absolute Gasteiger partial charge is 0.299 e. The zero-order chi connectivity index (χ0) is 8.74. The molecule has 0 unspecified atom stereocenters. The fourth-order valence-electron chi connectivity index (χ4n) is 0.251. The second kappa shape index (κ2) is 5.65. The van der Waals surface area contributed by atoms with Crippen molar-refractivity contribution in [2.24, 2.45) is 0 Å². The van der Waals surface area contributed by atoms with Gasteiger partial charge in [0.25, 0.3) is 0 Å². The highest BCUT2D eigenvalue weighted by Gasteiger charge is 2.23. The third kappa shape index (κ3) is 6.43. The van der Waals surface area contributed by atoms with Gasteiger partial charge in [-0.15, -0.1) is 9.35 Å². The predicted molar refractivity (Wildman–Crippen MR) is 35.2 cm³/mol. The first-order chi connectivity index (χ1) is 5.12. The summed E-state index contributed by atoms with van der Waals surface area (Å²) >= 11 is 0. The Labute approximate surface area is 64.5 Å². The van der Waals surface area contributed by atoms with Gasteiger partial charge in [0, 0.05) is 0 Å². The summed E-state index contributed by atoms with van der Waals surface area (Å²) in [5.41, 5.74) is 0. The van der Waals surface area contributed by atoms with Gasteiger partial charge in [-0.05, 0) is 13.8 Å². The van der Waals surface area contributed by atoms with E-state index in [4.69, 9.17) is 4.89 Å². The largest absolute Gasteiger partial charge is 0.526 e. The van der Waals surface area contributed by atoms with Crippen LogP contribution in [0.25, 0.3) is 0 Å². The third-order valence-electron chi connectivity index (χ3n) is 0.529. The van der Waals surface area contributed by atoms with E-state index in [2.05, 4.69) is 19.1 Å². The van der Waals surface area contributed by atoms with E-state index in [1.54, 1.807) is 13.8 Å². The highest BCUT2D eigenvalue weighted by molar-refractivity contribution is 7.47. The molecule has 0 radical (unpaired) electrons. The molecule has 0 bridgehead atoms. The van der Waals surface area contributed by atoms with E-state index >= 15 is 0 Å². The lowest BCUT2D eigenvalue weighted by atomic mass is 10.9. The molecule has 0 aliphatic rings. The minimum atomic E-state index is -4.17. The highest BCUT2D eigenvalue weighted by Crippen LogP contribution is 2.43. The summed E-state index contributed by atoms with van der Waals surface area (Å²) in [7, 11) is -4.17. The van der Waals surface area contributed by atoms with Crippen molar-refractivity contribution in [1.82, 2.24) is 0 Å². The van der Waals surface area contributed by atoms with Crippen molar-refractivity contribution in [2.45, 2.75) is 13.8 Å². The van der Waals surface area contributed by atoms with E-state index in [1.165, 1.54) is 0 Å². The molecule has 68 valence electrons. The summed E-state index contributed by atoms with van der Waals surface area (Å²) in [6, 6.07) is 0. The predicted octanol–water partition coefficient (Wildman–Crippen LogP) is 1.02. The molecule has 0 amide bonds. The van der Waals surface area contributed by atoms with E-state index in [9.17, 15) is 4.57 Å². The van der Waals surface area contributed by atoms with Crippen LogP contribution >= 0.6 is 7.82 Å². The van der Waals surface area contributed by atoms with E-state index in [-0.39, 0.29) is 13.2 Å².